The molecule has 4 heteroatoms. The van der Waals surface area contributed by atoms with E-state index >= 15 is 0 Å². The van der Waals surface area contributed by atoms with Crippen molar-refractivity contribution in [2.24, 2.45) is 0 Å². The number of nitrogens with zero attached hydrogens (tertiary/aromatic N) is 1. The Morgan fingerprint density at radius 1 is 1.39 bits per heavy atom. The molecule has 98 valence electrons. The van der Waals surface area contributed by atoms with E-state index in [0.717, 1.165) is 24.2 Å². The van der Waals surface area contributed by atoms with Gasteiger partial charge in [-0.25, -0.2) is 0 Å². The summed E-state index contributed by atoms with van der Waals surface area (Å²) in [5.74, 6) is -0.755. The topological polar surface area (TPSA) is 49.8 Å². The number of morpholine rings is 1. The largest absolute Gasteiger partial charge is 0.481 e. The Morgan fingerprint density at radius 3 is 2.67 bits per heavy atom. The molecule has 1 aromatic carbocycles. The first-order valence-corrected chi connectivity index (χ1v) is 6.27. The van der Waals surface area contributed by atoms with E-state index in [0.29, 0.717) is 13.2 Å². The van der Waals surface area contributed by atoms with Crippen LogP contribution in [0.3, 0.4) is 0 Å². The molecule has 1 aliphatic rings. The minimum Gasteiger partial charge on any atom is -0.481 e. The number of benzene rings is 1. The van der Waals surface area contributed by atoms with Crippen LogP contribution in [0.15, 0.2) is 24.3 Å². The molecular weight excluding hydrogens is 230 g/mol. The number of aliphatic carboxylic acids is 1. The first-order valence-electron chi connectivity index (χ1n) is 6.27. The average Bonchev–Trinajstić information content (AvgIpc) is 2.38. The number of aryl methyl sites for hydroxylation is 1. The van der Waals surface area contributed by atoms with Gasteiger partial charge in [0.1, 0.15) is 0 Å². The van der Waals surface area contributed by atoms with Crippen molar-refractivity contribution in [1.29, 1.82) is 0 Å². The third-order valence-electron chi connectivity index (χ3n) is 3.40. The van der Waals surface area contributed by atoms with Gasteiger partial charge in [-0.15, -0.1) is 0 Å². The van der Waals surface area contributed by atoms with E-state index in [9.17, 15) is 4.79 Å². The molecule has 1 unspecified atom stereocenters. The van der Waals surface area contributed by atoms with Gasteiger partial charge in [0.15, 0.2) is 0 Å². The minimum atomic E-state index is -0.755. The third kappa shape index (κ3) is 3.09. The zero-order valence-electron chi connectivity index (χ0n) is 10.6. The van der Waals surface area contributed by atoms with Crippen LogP contribution in [0.2, 0.25) is 0 Å². The van der Waals surface area contributed by atoms with Crippen LogP contribution in [0.1, 0.15) is 23.6 Å². The lowest BCUT2D eigenvalue weighted by Gasteiger charge is -2.34. The summed E-state index contributed by atoms with van der Waals surface area (Å²) in [5, 5.41) is 9.11. The summed E-state index contributed by atoms with van der Waals surface area (Å²) >= 11 is 0. The molecule has 0 bridgehead atoms. The zero-order valence-corrected chi connectivity index (χ0v) is 10.6. The quantitative estimate of drug-likeness (QED) is 0.884. The Labute approximate surface area is 107 Å². The van der Waals surface area contributed by atoms with Gasteiger partial charge in [0, 0.05) is 19.1 Å². The minimum absolute atomic E-state index is 0.0485. The lowest BCUT2D eigenvalue weighted by Crippen LogP contribution is -2.40. The summed E-state index contributed by atoms with van der Waals surface area (Å²) in [6.07, 6.45) is 0.144. The summed E-state index contributed by atoms with van der Waals surface area (Å²) in [6.45, 7) is 4.99. The van der Waals surface area contributed by atoms with Crippen molar-refractivity contribution < 1.29 is 14.6 Å². The van der Waals surface area contributed by atoms with Crippen LogP contribution in [0.25, 0.3) is 0 Å². The van der Waals surface area contributed by atoms with Gasteiger partial charge in [-0.3, -0.25) is 9.69 Å². The van der Waals surface area contributed by atoms with Gasteiger partial charge in [-0.05, 0) is 18.1 Å². The number of carboxylic acid groups (broad SMARTS) is 1. The first-order chi connectivity index (χ1) is 8.68. The second-order valence-corrected chi connectivity index (χ2v) is 4.62. The lowest BCUT2D eigenvalue weighted by molar-refractivity contribution is -0.139. The number of hydrogen-bond donors (Lipinski definition) is 1. The molecular formula is C14H19NO3. The summed E-state index contributed by atoms with van der Waals surface area (Å²) in [5.41, 5.74) is 2.26. The Balaban J connectivity index is 2.24. The predicted molar refractivity (Wildman–Crippen MR) is 68.6 cm³/mol. The molecule has 1 aromatic rings. The first kappa shape index (κ1) is 13.1. The highest BCUT2D eigenvalue weighted by molar-refractivity contribution is 5.68. The molecule has 1 fully saturated rings. The number of hydrogen-bond acceptors (Lipinski definition) is 3. The van der Waals surface area contributed by atoms with Gasteiger partial charge < -0.3 is 9.84 Å². The molecule has 1 saturated heterocycles. The predicted octanol–water partition coefficient (Wildman–Crippen LogP) is 1.84. The summed E-state index contributed by atoms with van der Waals surface area (Å²) in [6, 6.07) is 7.96. The molecule has 2 rings (SSSR count). The van der Waals surface area contributed by atoms with Gasteiger partial charge in [-0.1, -0.05) is 24.3 Å². The van der Waals surface area contributed by atoms with Crippen molar-refractivity contribution >= 4 is 5.97 Å². The zero-order chi connectivity index (χ0) is 13.0. The van der Waals surface area contributed by atoms with Crippen molar-refractivity contribution in [2.45, 2.75) is 19.4 Å². The number of carbonyl (C=O) groups is 1. The van der Waals surface area contributed by atoms with E-state index in [4.69, 9.17) is 9.84 Å². The molecule has 0 radical (unpaired) electrons. The maximum absolute atomic E-state index is 11.1. The number of rotatable bonds is 4. The van der Waals surface area contributed by atoms with E-state index in [2.05, 4.69) is 4.90 Å². The van der Waals surface area contributed by atoms with Crippen molar-refractivity contribution in [3.8, 4) is 0 Å². The second kappa shape index (κ2) is 5.98. The van der Waals surface area contributed by atoms with E-state index in [1.165, 1.54) is 0 Å². The third-order valence-corrected chi connectivity index (χ3v) is 3.40. The van der Waals surface area contributed by atoms with Gasteiger partial charge in [0.25, 0.3) is 0 Å². The van der Waals surface area contributed by atoms with Crippen LogP contribution >= 0.6 is 0 Å². The highest BCUT2D eigenvalue weighted by Gasteiger charge is 2.25. The number of ether oxygens (including phenoxy) is 1. The standard InChI is InChI=1S/C14H19NO3/c1-11-4-2-3-5-12(11)13(10-14(16)17)15-6-8-18-9-7-15/h2-5,13H,6-10H2,1H3,(H,16,17). The Hall–Kier alpha value is -1.39. The monoisotopic (exact) mass is 249 g/mol. The van der Waals surface area contributed by atoms with E-state index in [-0.39, 0.29) is 12.5 Å². The fourth-order valence-corrected chi connectivity index (χ4v) is 2.45. The summed E-state index contributed by atoms with van der Waals surface area (Å²) in [4.78, 5) is 13.3. The highest BCUT2D eigenvalue weighted by atomic mass is 16.5. The van der Waals surface area contributed by atoms with Gasteiger partial charge >= 0.3 is 5.97 Å². The lowest BCUT2D eigenvalue weighted by atomic mass is 9.97. The normalized spacial score (nSPS) is 18.5. The molecule has 4 nitrogen and oxygen atoms in total. The SMILES string of the molecule is Cc1ccccc1C(CC(=O)O)N1CCOCC1. The fraction of sp³-hybridized carbons (Fsp3) is 0.500. The molecule has 1 heterocycles. The van der Waals surface area contributed by atoms with Gasteiger partial charge in [0.2, 0.25) is 0 Å². The second-order valence-electron chi connectivity index (χ2n) is 4.62. The molecule has 1 atom stereocenters. The van der Waals surface area contributed by atoms with Crippen LogP contribution in [0.4, 0.5) is 0 Å². The van der Waals surface area contributed by atoms with Gasteiger partial charge in [-0.2, -0.15) is 0 Å². The molecule has 0 amide bonds. The molecule has 1 N–H and O–H groups in total. The number of carboxylic acids is 1. The summed E-state index contributed by atoms with van der Waals surface area (Å²) in [7, 11) is 0. The van der Waals surface area contributed by atoms with Crippen LogP contribution < -0.4 is 0 Å². The van der Waals surface area contributed by atoms with E-state index in [1.807, 2.05) is 31.2 Å². The van der Waals surface area contributed by atoms with Crippen molar-refractivity contribution in [3.63, 3.8) is 0 Å². The Kier molecular flexibility index (Phi) is 4.33. The van der Waals surface area contributed by atoms with Crippen LogP contribution in [-0.4, -0.2) is 42.3 Å². The Morgan fingerprint density at radius 2 is 2.06 bits per heavy atom. The van der Waals surface area contributed by atoms with E-state index in [1.54, 1.807) is 0 Å². The highest BCUT2D eigenvalue weighted by Crippen LogP contribution is 2.27. The van der Waals surface area contributed by atoms with Crippen molar-refractivity contribution in [3.05, 3.63) is 35.4 Å². The molecule has 0 spiro atoms. The van der Waals surface area contributed by atoms with Gasteiger partial charge in [0.05, 0.1) is 19.6 Å². The molecule has 1 aliphatic heterocycles. The van der Waals surface area contributed by atoms with E-state index < -0.39 is 5.97 Å². The fourth-order valence-electron chi connectivity index (χ4n) is 2.45. The van der Waals surface area contributed by atoms with Crippen LogP contribution in [0.5, 0.6) is 0 Å². The van der Waals surface area contributed by atoms with Crippen LogP contribution in [0, 0.1) is 6.92 Å². The summed E-state index contributed by atoms with van der Waals surface area (Å²) < 4.78 is 5.33. The maximum atomic E-state index is 11.1. The molecule has 0 saturated carbocycles. The molecule has 18 heavy (non-hydrogen) atoms. The Bertz CT molecular complexity index is 413. The van der Waals surface area contributed by atoms with Crippen molar-refractivity contribution in [1.82, 2.24) is 4.90 Å². The molecule has 0 aliphatic carbocycles. The van der Waals surface area contributed by atoms with Crippen LogP contribution in [-0.2, 0) is 9.53 Å². The smallest absolute Gasteiger partial charge is 0.305 e. The average molecular weight is 249 g/mol. The molecule has 0 aromatic heterocycles. The maximum Gasteiger partial charge on any atom is 0.305 e. The van der Waals surface area contributed by atoms with Crippen molar-refractivity contribution in [2.75, 3.05) is 26.3 Å².